The van der Waals surface area contributed by atoms with Crippen LogP contribution in [0, 0.1) is 5.92 Å². The second kappa shape index (κ2) is 8.22. The van der Waals surface area contributed by atoms with Crippen LogP contribution in [0.5, 0.6) is 0 Å². The summed E-state index contributed by atoms with van der Waals surface area (Å²) in [5, 5.41) is 3.33. The maximum absolute atomic E-state index is 12.9. The van der Waals surface area contributed by atoms with Crippen molar-refractivity contribution in [3.63, 3.8) is 0 Å². The van der Waals surface area contributed by atoms with Gasteiger partial charge < -0.3 is 10.2 Å². The van der Waals surface area contributed by atoms with Crippen LogP contribution in [0.2, 0.25) is 5.02 Å². The minimum absolute atomic E-state index is 0.0337. The Morgan fingerprint density at radius 3 is 2.50 bits per heavy atom. The molecule has 1 fully saturated rings. The molecule has 0 aromatic heterocycles. The van der Waals surface area contributed by atoms with Gasteiger partial charge >= 0.3 is 6.18 Å². The van der Waals surface area contributed by atoms with Crippen LogP contribution >= 0.6 is 11.6 Å². The Labute approximate surface area is 165 Å². The van der Waals surface area contributed by atoms with Crippen molar-refractivity contribution in [3.05, 3.63) is 64.7 Å². The number of piperidine rings is 1. The molecule has 8 heteroatoms. The summed E-state index contributed by atoms with van der Waals surface area (Å²) in [6.45, 7) is 0.564. The molecular weight excluding hydrogens is 393 g/mol. The molecule has 0 bridgehead atoms. The molecule has 3 rings (SSSR count). The van der Waals surface area contributed by atoms with Crippen LogP contribution in [0.4, 0.5) is 18.9 Å². The zero-order valence-electron chi connectivity index (χ0n) is 14.8. The summed E-state index contributed by atoms with van der Waals surface area (Å²) >= 11 is 5.82. The normalized spacial score (nSPS) is 17.3. The summed E-state index contributed by atoms with van der Waals surface area (Å²) < 4.78 is 38.7. The molecule has 1 atom stereocenters. The lowest BCUT2D eigenvalue weighted by Crippen LogP contribution is -2.43. The summed E-state index contributed by atoms with van der Waals surface area (Å²) in [5.74, 6) is -1.17. The second-order valence-electron chi connectivity index (χ2n) is 6.67. The van der Waals surface area contributed by atoms with E-state index in [9.17, 15) is 22.8 Å². The highest BCUT2D eigenvalue weighted by atomic mass is 35.5. The summed E-state index contributed by atoms with van der Waals surface area (Å²) in [6, 6.07) is 11.0. The molecule has 1 heterocycles. The Bertz CT molecular complexity index is 868. The van der Waals surface area contributed by atoms with Gasteiger partial charge in [-0.05, 0) is 55.3 Å². The maximum Gasteiger partial charge on any atom is 0.416 e. The predicted octanol–water partition coefficient (Wildman–Crippen LogP) is 4.85. The van der Waals surface area contributed by atoms with E-state index in [1.165, 1.54) is 17.0 Å². The Hall–Kier alpha value is -2.54. The minimum Gasteiger partial charge on any atom is -0.338 e. The molecule has 4 nitrogen and oxygen atoms in total. The van der Waals surface area contributed by atoms with Crippen molar-refractivity contribution < 1.29 is 22.8 Å². The van der Waals surface area contributed by atoms with Gasteiger partial charge in [-0.3, -0.25) is 9.59 Å². The van der Waals surface area contributed by atoms with Crippen LogP contribution in [0.3, 0.4) is 0 Å². The number of likely N-dealkylation sites (tertiary alicyclic amines) is 1. The third-order valence-corrected chi connectivity index (χ3v) is 4.88. The van der Waals surface area contributed by atoms with Gasteiger partial charge in [0, 0.05) is 29.4 Å². The largest absolute Gasteiger partial charge is 0.416 e. The molecule has 0 radical (unpaired) electrons. The average molecular weight is 411 g/mol. The topological polar surface area (TPSA) is 49.4 Å². The van der Waals surface area contributed by atoms with Gasteiger partial charge in [-0.15, -0.1) is 0 Å². The van der Waals surface area contributed by atoms with E-state index >= 15 is 0 Å². The Morgan fingerprint density at radius 1 is 1.11 bits per heavy atom. The number of rotatable bonds is 3. The lowest BCUT2D eigenvalue weighted by atomic mass is 9.96. The van der Waals surface area contributed by atoms with Crippen molar-refractivity contribution >= 4 is 29.1 Å². The first kappa shape index (κ1) is 20.2. The van der Waals surface area contributed by atoms with Gasteiger partial charge in [-0.2, -0.15) is 13.2 Å². The van der Waals surface area contributed by atoms with Gasteiger partial charge in [0.1, 0.15) is 0 Å². The predicted molar refractivity (Wildman–Crippen MR) is 100 cm³/mol. The Morgan fingerprint density at radius 2 is 1.82 bits per heavy atom. The molecule has 0 aliphatic carbocycles. The first-order valence-corrected chi connectivity index (χ1v) is 9.15. The van der Waals surface area contributed by atoms with Crippen molar-refractivity contribution in [3.8, 4) is 0 Å². The molecule has 1 saturated heterocycles. The number of alkyl halides is 3. The summed E-state index contributed by atoms with van der Waals surface area (Å²) in [4.78, 5) is 26.6. The van der Waals surface area contributed by atoms with Crippen molar-refractivity contribution in [2.45, 2.75) is 19.0 Å². The molecule has 148 valence electrons. The Balaban J connectivity index is 1.68. The van der Waals surface area contributed by atoms with Gasteiger partial charge in [0.15, 0.2) is 0 Å². The molecular formula is C20H18ClF3N2O2. The van der Waals surface area contributed by atoms with Crippen LogP contribution in [0.1, 0.15) is 28.8 Å². The molecule has 2 aromatic rings. The van der Waals surface area contributed by atoms with Crippen LogP contribution in [0.25, 0.3) is 0 Å². The summed E-state index contributed by atoms with van der Waals surface area (Å²) in [5.41, 5.74) is -0.309. The Kier molecular flexibility index (Phi) is 5.93. The minimum atomic E-state index is -4.51. The number of amides is 2. The van der Waals surface area contributed by atoms with E-state index in [-0.39, 0.29) is 18.0 Å². The zero-order chi connectivity index (χ0) is 20.3. The maximum atomic E-state index is 12.9. The number of carbonyl (C=O) groups excluding carboxylic acids is 2. The van der Waals surface area contributed by atoms with Crippen LogP contribution in [-0.4, -0.2) is 29.8 Å². The second-order valence-corrected chi connectivity index (χ2v) is 7.10. The molecule has 1 N–H and O–H groups in total. The number of carbonyl (C=O) groups is 2. The van der Waals surface area contributed by atoms with Gasteiger partial charge in [-0.1, -0.05) is 17.7 Å². The number of nitrogens with one attached hydrogen (secondary N) is 1. The van der Waals surface area contributed by atoms with E-state index in [0.717, 1.165) is 12.1 Å². The number of hydrogen-bond acceptors (Lipinski definition) is 2. The first-order valence-electron chi connectivity index (χ1n) is 8.77. The van der Waals surface area contributed by atoms with Crippen molar-refractivity contribution in [1.82, 2.24) is 4.90 Å². The first-order chi connectivity index (χ1) is 13.2. The highest BCUT2D eigenvalue weighted by Gasteiger charge is 2.33. The number of anilines is 1. The lowest BCUT2D eigenvalue weighted by Gasteiger charge is -2.32. The molecule has 28 heavy (non-hydrogen) atoms. The zero-order valence-corrected chi connectivity index (χ0v) is 15.6. The fourth-order valence-electron chi connectivity index (χ4n) is 3.16. The van der Waals surface area contributed by atoms with E-state index in [2.05, 4.69) is 5.32 Å². The van der Waals surface area contributed by atoms with Crippen LogP contribution in [0.15, 0.2) is 48.5 Å². The van der Waals surface area contributed by atoms with Crippen LogP contribution < -0.4 is 5.32 Å². The van der Waals surface area contributed by atoms with Gasteiger partial charge in [0.25, 0.3) is 5.91 Å². The van der Waals surface area contributed by atoms with E-state index in [1.54, 1.807) is 24.3 Å². The molecule has 0 spiro atoms. The quantitative estimate of drug-likeness (QED) is 0.786. The van der Waals surface area contributed by atoms with Gasteiger partial charge in [0.05, 0.1) is 11.5 Å². The van der Waals surface area contributed by atoms with E-state index in [4.69, 9.17) is 11.6 Å². The van der Waals surface area contributed by atoms with E-state index in [0.29, 0.717) is 30.1 Å². The number of benzene rings is 2. The standard InChI is InChI=1S/C20H18ClF3N2O2/c21-16-6-8-17(9-7-16)25-18(27)14-4-2-10-26(12-14)19(28)13-3-1-5-15(11-13)20(22,23)24/h1,3,5-9,11,14H,2,4,10,12H2,(H,25,27)/t14-/m0/s1. The fourth-order valence-corrected chi connectivity index (χ4v) is 3.29. The highest BCUT2D eigenvalue weighted by molar-refractivity contribution is 6.30. The number of nitrogens with zero attached hydrogens (tertiary/aromatic N) is 1. The monoisotopic (exact) mass is 410 g/mol. The molecule has 2 aromatic carbocycles. The van der Waals surface area contributed by atoms with Crippen LogP contribution in [-0.2, 0) is 11.0 Å². The van der Waals surface area contributed by atoms with Gasteiger partial charge in [0.2, 0.25) is 5.91 Å². The molecule has 0 saturated carbocycles. The number of hydrogen-bond donors (Lipinski definition) is 1. The third kappa shape index (κ3) is 4.84. The fraction of sp³-hybridized carbons (Fsp3) is 0.300. The third-order valence-electron chi connectivity index (χ3n) is 4.63. The SMILES string of the molecule is O=C(Nc1ccc(Cl)cc1)[C@H]1CCCN(C(=O)c2cccc(C(F)(F)F)c2)C1. The highest BCUT2D eigenvalue weighted by Crippen LogP contribution is 2.30. The molecule has 2 amide bonds. The lowest BCUT2D eigenvalue weighted by molar-refractivity contribution is -0.137. The average Bonchev–Trinajstić information content (AvgIpc) is 2.68. The van der Waals surface area contributed by atoms with Gasteiger partial charge in [-0.25, -0.2) is 0 Å². The van der Waals surface area contributed by atoms with E-state index in [1.807, 2.05) is 0 Å². The van der Waals surface area contributed by atoms with Crippen molar-refractivity contribution in [2.24, 2.45) is 5.92 Å². The van der Waals surface area contributed by atoms with Crippen molar-refractivity contribution in [2.75, 3.05) is 18.4 Å². The van der Waals surface area contributed by atoms with Crippen molar-refractivity contribution in [1.29, 1.82) is 0 Å². The van der Waals surface area contributed by atoms with E-state index < -0.39 is 23.6 Å². The summed E-state index contributed by atoms with van der Waals surface area (Å²) in [6.07, 6.45) is -3.31. The molecule has 0 unspecified atom stereocenters. The smallest absolute Gasteiger partial charge is 0.338 e. The summed E-state index contributed by atoms with van der Waals surface area (Å²) in [7, 11) is 0. The number of halogens is 4. The molecule has 1 aliphatic rings. The molecule has 1 aliphatic heterocycles.